The van der Waals surface area contributed by atoms with Crippen molar-refractivity contribution in [1.82, 2.24) is 0 Å². The molecule has 2 aromatic carbocycles. The Hall–Kier alpha value is -1.80. The van der Waals surface area contributed by atoms with Gasteiger partial charge in [-0.15, -0.1) is 0 Å². The minimum atomic E-state index is 0.312. The highest BCUT2D eigenvalue weighted by Crippen LogP contribution is 2.34. The Morgan fingerprint density at radius 1 is 1.15 bits per heavy atom. The molecule has 3 heteroatoms. The van der Waals surface area contributed by atoms with Gasteiger partial charge in [0.15, 0.2) is 6.29 Å². The van der Waals surface area contributed by atoms with Crippen LogP contribution in [-0.4, -0.2) is 6.29 Å². The van der Waals surface area contributed by atoms with Gasteiger partial charge in [0.05, 0.1) is 5.56 Å². The number of hydrogen-bond acceptors (Lipinski definition) is 2. The second kappa shape index (κ2) is 6.10. The van der Waals surface area contributed by atoms with Crippen LogP contribution in [0.25, 0.3) is 0 Å². The Bertz CT molecular complexity index is 633. The van der Waals surface area contributed by atoms with Crippen molar-refractivity contribution in [2.75, 3.05) is 0 Å². The number of hydrogen-bond donors (Lipinski definition) is 0. The third-order valence-electron chi connectivity index (χ3n) is 3.18. The van der Waals surface area contributed by atoms with Crippen molar-refractivity contribution in [3.8, 4) is 11.5 Å². The summed E-state index contributed by atoms with van der Waals surface area (Å²) in [5.74, 6) is 1.60. The van der Waals surface area contributed by atoms with E-state index >= 15 is 0 Å². The first kappa shape index (κ1) is 14.6. The molecule has 0 aliphatic heterocycles. The van der Waals surface area contributed by atoms with Gasteiger partial charge in [0.25, 0.3) is 0 Å². The van der Waals surface area contributed by atoms with Crippen LogP contribution in [0.2, 0.25) is 5.02 Å². The Labute approximate surface area is 124 Å². The average molecular weight is 289 g/mol. The van der Waals surface area contributed by atoms with Crippen LogP contribution in [0.15, 0.2) is 36.4 Å². The summed E-state index contributed by atoms with van der Waals surface area (Å²) in [5.41, 5.74) is 2.52. The second-order valence-electron chi connectivity index (χ2n) is 5.05. The van der Waals surface area contributed by atoms with E-state index in [1.165, 1.54) is 0 Å². The molecule has 0 N–H and O–H groups in total. The second-order valence-corrected chi connectivity index (χ2v) is 5.46. The summed E-state index contributed by atoms with van der Waals surface area (Å²) in [4.78, 5) is 11.0. The molecular weight excluding hydrogens is 272 g/mol. The van der Waals surface area contributed by atoms with Gasteiger partial charge in [-0.25, -0.2) is 0 Å². The zero-order valence-corrected chi connectivity index (χ0v) is 12.6. The van der Waals surface area contributed by atoms with E-state index in [0.29, 0.717) is 17.2 Å². The largest absolute Gasteiger partial charge is 0.456 e. The van der Waals surface area contributed by atoms with Gasteiger partial charge in [-0.2, -0.15) is 0 Å². The molecule has 20 heavy (non-hydrogen) atoms. The summed E-state index contributed by atoms with van der Waals surface area (Å²) in [6.45, 7) is 6.11. The normalized spacial score (nSPS) is 10.7. The number of aryl methyl sites for hydroxylation is 1. The maximum Gasteiger partial charge on any atom is 0.153 e. The van der Waals surface area contributed by atoms with Gasteiger partial charge in [0.2, 0.25) is 0 Å². The fraction of sp³-hybridized carbons (Fsp3) is 0.235. The molecule has 0 atom stereocenters. The van der Waals surface area contributed by atoms with Crippen LogP contribution in [0.4, 0.5) is 0 Å². The van der Waals surface area contributed by atoms with Crippen molar-refractivity contribution in [3.63, 3.8) is 0 Å². The summed E-state index contributed by atoms with van der Waals surface area (Å²) in [6, 6.07) is 11.0. The molecule has 0 spiro atoms. The summed E-state index contributed by atoms with van der Waals surface area (Å²) in [5, 5.41) is 0.744. The summed E-state index contributed by atoms with van der Waals surface area (Å²) in [6.07, 6.45) is 0.796. The fourth-order valence-electron chi connectivity index (χ4n) is 2.01. The molecular formula is C17H17ClO2. The highest BCUT2D eigenvalue weighted by atomic mass is 35.5. The number of aldehydes is 1. The van der Waals surface area contributed by atoms with Gasteiger partial charge in [-0.05, 0) is 48.2 Å². The average Bonchev–Trinajstić information content (AvgIpc) is 2.42. The van der Waals surface area contributed by atoms with Crippen molar-refractivity contribution >= 4 is 17.9 Å². The lowest BCUT2D eigenvalue weighted by Gasteiger charge is -2.15. The Balaban J connectivity index is 2.43. The van der Waals surface area contributed by atoms with Crippen molar-refractivity contribution in [2.24, 2.45) is 0 Å². The molecule has 0 heterocycles. The standard InChI is InChI=1S/C17H17ClO2/c1-11(2)14-9-17(12(3)8-15(14)18)20-16-7-5-4-6-13(16)10-19/h4-11H,1-3H3. The number of rotatable bonds is 4. The lowest BCUT2D eigenvalue weighted by atomic mass is 10.0. The van der Waals surface area contributed by atoms with E-state index in [4.69, 9.17) is 16.3 Å². The third-order valence-corrected chi connectivity index (χ3v) is 3.51. The van der Waals surface area contributed by atoms with Crippen LogP contribution in [0.5, 0.6) is 11.5 Å². The van der Waals surface area contributed by atoms with E-state index in [0.717, 1.165) is 28.2 Å². The quantitative estimate of drug-likeness (QED) is 0.706. The Morgan fingerprint density at radius 2 is 1.85 bits per heavy atom. The first-order chi connectivity index (χ1) is 9.52. The van der Waals surface area contributed by atoms with Gasteiger partial charge in [0, 0.05) is 5.02 Å². The van der Waals surface area contributed by atoms with E-state index in [9.17, 15) is 4.79 Å². The topological polar surface area (TPSA) is 26.3 Å². The van der Waals surface area contributed by atoms with Crippen LogP contribution >= 0.6 is 11.6 Å². The highest BCUT2D eigenvalue weighted by Gasteiger charge is 2.12. The minimum absolute atomic E-state index is 0.312. The summed E-state index contributed by atoms with van der Waals surface area (Å²) >= 11 is 6.25. The van der Waals surface area contributed by atoms with Crippen LogP contribution in [0.1, 0.15) is 41.3 Å². The fourth-order valence-corrected chi connectivity index (χ4v) is 2.45. The molecule has 0 saturated heterocycles. The molecule has 0 saturated carbocycles. The zero-order valence-electron chi connectivity index (χ0n) is 11.8. The first-order valence-corrected chi connectivity index (χ1v) is 6.92. The van der Waals surface area contributed by atoms with E-state index < -0.39 is 0 Å². The SMILES string of the molecule is Cc1cc(Cl)c(C(C)C)cc1Oc1ccccc1C=O. The van der Waals surface area contributed by atoms with Crippen molar-refractivity contribution in [1.29, 1.82) is 0 Å². The van der Waals surface area contributed by atoms with Gasteiger partial charge in [-0.3, -0.25) is 4.79 Å². The van der Waals surface area contributed by atoms with Gasteiger partial charge >= 0.3 is 0 Å². The molecule has 0 aromatic heterocycles. The van der Waals surface area contributed by atoms with E-state index in [2.05, 4.69) is 13.8 Å². The lowest BCUT2D eigenvalue weighted by molar-refractivity contribution is 0.112. The van der Waals surface area contributed by atoms with Gasteiger partial charge in [-0.1, -0.05) is 37.6 Å². The lowest BCUT2D eigenvalue weighted by Crippen LogP contribution is -1.96. The number of carbonyl (C=O) groups is 1. The molecule has 104 valence electrons. The molecule has 2 nitrogen and oxygen atoms in total. The molecule has 0 bridgehead atoms. The predicted molar refractivity (Wildman–Crippen MR) is 82.2 cm³/mol. The van der Waals surface area contributed by atoms with Crippen LogP contribution in [0, 0.1) is 6.92 Å². The molecule has 0 amide bonds. The van der Waals surface area contributed by atoms with Crippen LogP contribution in [0.3, 0.4) is 0 Å². The number of benzene rings is 2. The van der Waals surface area contributed by atoms with Crippen molar-refractivity contribution < 1.29 is 9.53 Å². The minimum Gasteiger partial charge on any atom is -0.456 e. The predicted octanol–water partition coefficient (Wildman–Crippen LogP) is 5.38. The van der Waals surface area contributed by atoms with E-state index in [1.807, 2.05) is 31.2 Å². The Morgan fingerprint density at radius 3 is 2.50 bits per heavy atom. The number of halogens is 1. The van der Waals surface area contributed by atoms with Crippen LogP contribution < -0.4 is 4.74 Å². The molecule has 0 fully saturated rings. The molecule has 2 rings (SSSR count). The maximum atomic E-state index is 11.0. The molecule has 0 aliphatic carbocycles. The number of carbonyl (C=O) groups excluding carboxylic acids is 1. The first-order valence-electron chi connectivity index (χ1n) is 6.55. The summed E-state index contributed by atoms with van der Waals surface area (Å²) < 4.78 is 5.89. The molecule has 2 aromatic rings. The third kappa shape index (κ3) is 3.02. The maximum absolute atomic E-state index is 11.0. The smallest absolute Gasteiger partial charge is 0.153 e. The zero-order chi connectivity index (χ0) is 14.7. The Kier molecular flexibility index (Phi) is 4.46. The van der Waals surface area contributed by atoms with Gasteiger partial charge < -0.3 is 4.74 Å². The molecule has 0 unspecified atom stereocenters. The van der Waals surface area contributed by atoms with Gasteiger partial charge in [0.1, 0.15) is 11.5 Å². The van der Waals surface area contributed by atoms with E-state index in [-0.39, 0.29) is 0 Å². The summed E-state index contributed by atoms with van der Waals surface area (Å²) in [7, 11) is 0. The molecule has 0 aliphatic rings. The molecule has 0 radical (unpaired) electrons. The van der Waals surface area contributed by atoms with Crippen molar-refractivity contribution in [3.05, 3.63) is 58.1 Å². The number of para-hydroxylation sites is 1. The van der Waals surface area contributed by atoms with E-state index in [1.54, 1.807) is 12.1 Å². The highest BCUT2D eigenvalue weighted by molar-refractivity contribution is 6.31. The number of ether oxygens (including phenoxy) is 1. The van der Waals surface area contributed by atoms with Crippen molar-refractivity contribution in [2.45, 2.75) is 26.7 Å². The monoisotopic (exact) mass is 288 g/mol. The van der Waals surface area contributed by atoms with Crippen LogP contribution in [-0.2, 0) is 0 Å².